The van der Waals surface area contributed by atoms with Gasteiger partial charge in [0, 0.05) is 24.8 Å². The number of ketones is 1. The molecular formula is C40H63Cl2N3O10. The number of aliphatic hydroxyl groups excluding tert-OH is 1. The number of para-hydroxylation sites is 1. The molecular weight excluding hydrogens is 753 g/mol. The van der Waals surface area contributed by atoms with Gasteiger partial charge < -0.3 is 41.6 Å². The molecule has 0 aliphatic carbocycles. The van der Waals surface area contributed by atoms with E-state index >= 15 is 0 Å². The van der Waals surface area contributed by atoms with Crippen LogP contribution in [0, 0.1) is 17.3 Å². The van der Waals surface area contributed by atoms with E-state index in [1.165, 1.54) is 20.2 Å². The molecule has 2 aromatic carbocycles. The van der Waals surface area contributed by atoms with Crippen LogP contribution in [-0.4, -0.2) is 83.6 Å². The first-order valence-electron chi connectivity index (χ1n) is 17.6. The number of amides is 2. The number of rotatable bonds is 17. The number of carbonyl (C=O) groups is 5. The van der Waals surface area contributed by atoms with Gasteiger partial charge in [-0.2, -0.15) is 0 Å². The van der Waals surface area contributed by atoms with Gasteiger partial charge in [0.1, 0.15) is 12.4 Å². The van der Waals surface area contributed by atoms with Crippen LogP contribution in [0.15, 0.2) is 60.7 Å². The Morgan fingerprint density at radius 3 is 1.91 bits per heavy atom. The van der Waals surface area contributed by atoms with Gasteiger partial charge in [-0.1, -0.05) is 109 Å². The standard InChI is InChI=1S/C17H29NO5.C14H21NO3.C7H7ClO.CH3Cl.CH3NO/c1-6-7-8-9-13(19)18-11-16(4,5)14(20)17(23,15(21)22)10-12(2)3;1-10(2)13(16)7-11-3-5-12(6-4-11)9-18-14(17)8-15;1-9-7-5-3-2-4-6(7)8;1-2;2-1-3/h7-8,12,23H,6,9-11H2,1-5H3,(H,18,19)(H,21,22);3-6,10,13,16H,7-9,15H2,1-2H3;2-5H,1H3;1H3;1H,(H2,2,3)/b8-7+;;;;. The highest BCUT2D eigenvalue weighted by molar-refractivity contribution is 6.32. The fourth-order valence-electron chi connectivity index (χ4n) is 4.34. The summed E-state index contributed by atoms with van der Waals surface area (Å²) in [6.07, 6.45) is 6.49. The Kier molecular flexibility index (Phi) is 31.4. The Bertz CT molecular complexity index is 1420. The number of hydrogen-bond acceptors (Lipinski definition) is 10. The van der Waals surface area contributed by atoms with Crippen molar-refractivity contribution in [1.82, 2.24) is 5.32 Å². The molecule has 55 heavy (non-hydrogen) atoms. The average molecular weight is 817 g/mol. The summed E-state index contributed by atoms with van der Waals surface area (Å²) in [4.78, 5) is 55.1. The first-order valence-corrected chi connectivity index (χ1v) is 18.7. The van der Waals surface area contributed by atoms with Crippen molar-refractivity contribution in [3.63, 3.8) is 0 Å². The minimum Gasteiger partial charge on any atom is -0.495 e. The van der Waals surface area contributed by atoms with Crippen molar-refractivity contribution < 1.29 is 48.8 Å². The van der Waals surface area contributed by atoms with Crippen molar-refractivity contribution >= 4 is 53.2 Å². The van der Waals surface area contributed by atoms with E-state index < -0.39 is 28.7 Å². The van der Waals surface area contributed by atoms with Gasteiger partial charge in [-0.05, 0) is 54.4 Å². The maximum absolute atomic E-state index is 12.5. The lowest BCUT2D eigenvalue weighted by molar-refractivity contribution is -0.171. The SMILES string of the molecule is CC(C)C(O)Cc1ccc(COC(=O)CN)cc1.CC/C=C/CC(=O)NCC(C)(C)C(=O)C(O)(CC(C)C)C(=O)O.CCl.COc1ccccc1Cl.NC=O. The number of nitrogens with one attached hydrogen (secondary N) is 1. The number of carboxylic acids is 1. The summed E-state index contributed by atoms with van der Waals surface area (Å²) in [5.41, 5.74) is 7.67. The number of aliphatic carboxylic acids is 1. The van der Waals surface area contributed by atoms with Crippen molar-refractivity contribution in [2.45, 2.75) is 92.5 Å². The number of primary amides is 1. The van der Waals surface area contributed by atoms with Crippen molar-refractivity contribution in [2.75, 3.05) is 26.6 Å². The zero-order valence-electron chi connectivity index (χ0n) is 33.6. The molecule has 0 radical (unpaired) electrons. The molecule has 15 heteroatoms. The Balaban J connectivity index is -0.000000742. The fraction of sp³-hybridized carbons (Fsp3) is 0.525. The van der Waals surface area contributed by atoms with Crippen molar-refractivity contribution in [3.8, 4) is 5.75 Å². The van der Waals surface area contributed by atoms with Gasteiger partial charge >= 0.3 is 11.9 Å². The number of allylic oxidation sites excluding steroid dienone is 1. The number of halogens is 2. The highest BCUT2D eigenvalue weighted by Gasteiger charge is 2.50. The molecule has 312 valence electrons. The summed E-state index contributed by atoms with van der Waals surface area (Å²) < 4.78 is 9.84. The molecule has 8 N–H and O–H groups in total. The van der Waals surface area contributed by atoms with Crippen LogP contribution in [0.2, 0.25) is 5.02 Å². The molecule has 0 saturated carbocycles. The highest BCUT2D eigenvalue weighted by Crippen LogP contribution is 2.29. The van der Waals surface area contributed by atoms with Crippen LogP contribution in [-0.2, 0) is 41.7 Å². The van der Waals surface area contributed by atoms with Crippen LogP contribution in [0.4, 0.5) is 0 Å². The normalized spacial score (nSPS) is 12.1. The molecule has 0 aromatic heterocycles. The van der Waals surface area contributed by atoms with Crippen LogP contribution in [0.1, 0.15) is 78.9 Å². The van der Waals surface area contributed by atoms with Crippen molar-refractivity contribution in [1.29, 1.82) is 0 Å². The molecule has 0 spiro atoms. The van der Waals surface area contributed by atoms with E-state index in [1.807, 2.05) is 69.3 Å². The number of esters is 1. The van der Waals surface area contributed by atoms with Gasteiger partial charge in [0.05, 0.1) is 24.8 Å². The van der Waals surface area contributed by atoms with E-state index in [0.29, 0.717) is 11.4 Å². The van der Waals surface area contributed by atoms with E-state index in [0.717, 1.165) is 23.3 Å². The molecule has 2 atom stereocenters. The van der Waals surface area contributed by atoms with E-state index in [4.69, 9.17) is 31.6 Å². The molecule has 0 aliphatic rings. The smallest absolute Gasteiger partial charge is 0.343 e. The number of Topliss-reactive ketones (excluding diaryl/α,β-unsaturated/α-hetero) is 1. The topological polar surface area (TPSA) is 229 Å². The summed E-state index contributed by atoms with van der Waals surface area (Å²) >= 11 is 10.3. The number of nitrogens with two attached hydrogens (primary N) is 2. The van der Waals surface area contributed by atoms with E-state index in [-0.39, 0.29) is 62.8 Å². The van der Waals surface area contributed by atoms with Crippen LogP contribution in [0.3, 0.4) is 0 Å². The lowest BCUT2D eigenvalue weighted by Gasteiger charge is -2.32. The van der Waals surface area contributed by atoms with Crippen molar-refractivity contribution in [3.05, 3.63) is 76.8 Å². The summed E-state index contributed by atoms with van der Waals surface area (Å²) in [6.45, 7) is 12.6. The summed E-state index contributed by atoms with van der Waals surface area (Å²) in [5.74, 6) is -2.20. The van der Waals surface area contributed by atoms with Gasteiger partial charge in [-0.25, -0.2) is 4.79 Å². The lowest BCUT2D eigenvalue weighted by atomic mass is 9.75. The van der Waals surface area contributed by atoms with Gasteiger partial charge in [0.25, 0.3) is 0 Å². The lowest BCUT2D eigenvalue weighted by Crippen LogP contribution is -2.55. The molecule has 0 aliphatic heterocycles. The molecule has 2 unspecified atom stereocenters. The van der Waals surface area contributed by atoms with Crippen LogP contribution in [0.5, 0.6) is 5.75 Å². The van der Waals surface area contributed by atoms with E-state index in [1.54, 1.807) is 33.1 Å². The Labute approximate surface area is 336 Å². The largest absolute Gasteiger partial charge is 0.495 e. The first-order chi connectivity index (χ1) is 25.7. The van der Waals surface area contributed by atoms with Crippen LogP contribution < -0.4 is 21.5 Å². The molecule has 0 heterocycles. The zero-order chi connectivity index (χ0) is 43.2. The second kappa shape index (κ2) is 31.2. The number of methoxy groups -OCH3 is 1. The second-order valence-corrected chi connectivity index (χ2v) is 13.7. The monoisotopic (exact) mass is 815 g/mol. The second-order valence-electron chi connectivity index (χ2n) is 13.3. The van der Waals surface area contributed by atoms with E-state index in [2.05, 4.69) is 22.7 Å². The molecule has 0 bridgehead atoms. The quantitative estimate of drug-likeness (QED) is 0.0386. The fourth-order valence-corrected chi connectivity index (χ4v) is 4.55. The number of aliphatic hydroxyl groups is 2. The molecule has 2 aromatic rings. The predicted molar refractivity (Wildman–Crippen MR) is 218 cm³/mol. The van der Waals surface area contributed by atoms with Crippen LogP contribution >= 0.6 is 23.2 Å². The third-order valence-corrected chi connectivity index (χ3v) is 7.65. The number of ether oxygens (including phenoxy) is 2. The number of alkyl halides is 1. The first kappa shape index (κ1) is 55.3. The maximum atomic E-state index is 12.5. The Morgan fingerprint density at radius 2 is 1.49 bits per heavy atom. The van der Waals surface area contributed by atoms with E-state index in [9.17, 15) is 34.5 Å². The maximum Gasteiger partial charge on any atom is 0.343 e. The van der Waals surface area contributed by atoms with Gasteiger partial charge in [-0.3, -0.25) is 19.2 Å². The van der Waals surface area contributed by atoms with Gasteiger partial charge in [0.2, 0.25) is 17.9 Å². The molecule has 2 amide bonds. The molecule has 0 fully saturated rings. The summed E-state index contributed by atoms with van der Waals surface area (Å²) in [6, 6.07) is 15.0. The summed E-state index contributed by atoms with van der Waals surface area (Å²) in [5, 5.41) is 32.6. The number of carboxylic acid groups (broad SMARTS) is 1. The highest BCUT2D eigenvalue weighted by atomic mass is 35.5. The minimum absolute atomic E-state index is 0.0294. The number of benzene rings is 2. The Morgan fingerprint density at radius 1 is 0.964 bits per heavy atom. The predicted octanol–water partition coefficient (Wildman–Crippen LogP) is 5.47. The third-order valence-electron chi connectivity index (χ3n) is 7.34. The number of hydrogen-bond donors (Lipinski definition) is 6. The molecule has 0 saturated heterocycles. The summed E-state index contributed by atoms with van der Waals surface area (Å²) in [7, 11) is 1.60. The zero-order valence-corrected chi connectivity index (χ0v) is 35.2. The molecule has 13 nitrogen and oxygen atoms in total. The van der Waals surface area contributed by atoms with Crippen molar-refractivity contribution in [2.24, 2.45) is 28.7 Å². The third kappa shape index (κ3) is 24.9. The number of carbonyl (C=O) groups excluding carboxylic acids is 4. The minimum atomic E-state index is -2.44. The average Bonchev–Trinajstić information content (AvgIpc) is 3.14. The van der Waals surface area contributed by atoms with Gasteiger partial charge in [-0.15, -0.1) is 11.6 Å². The van der Waals surface area contributed by atoms with Crippen LogP contribution in [0.25, 0.3) is 0 Å². The Hall–Kier alpha value is -4.01. The molecule has 2 rings (SSSR count). The van der Waals surface area contributed by atoms with Gasteiger partial charge in [0.15, 0.2) is 5.78 Å².